The maximum Gasteiger partial charge on any atom is 0.228 e. The summed E-state index contributed by atoms with van der Waals surface area (Å²) < 4.78 is 18.6. The molecule has 0 unspecified atom stereocenters. The molecule has 0 fully saturated rings. The van der Waals surface area contributed by atoms with Crippen LogP contribution in [0.15, 0.2) is 42.5 Å². The van der Waals surface area contributed by atoms with Gasteiger partial charge in [0.05, 0.1) is 25.1 Å². The number of amides is 2. The summed E-state index contributed by atoms with van der Waals surface area (Å²) in [6.45, 7) is 0.324. The number of carbonyl (C=O) groups is 2. The van der Waals surface area contributed by atoms with E-state index in [-0.39, 0.29) is 30.5 Å². The van der Waals surface area contributed by atoms with Crippen molar-refractivity contribution in [3.8, 4) is 5.75 Å². The van der Waals surface area contributed by atoms with Crippen LogP contribution in [0.4, 0.5) is 15.8 Å². The van der Waals surface area contributed by atoms with E-state index in [2.05, 4.69) is 10.6 Å². The minimum absolute atomic E-state index is 0.0672. The second kappa shape index (κ2) is 6.48. The first-order valence-corrected chi connectivity index (χ1v) is 7.21. The van der Waals surface area contributed by atoms with Gasteiger partial charge in [-0.1, -0.05) is 12.1 Å². The van der Waals surface area contributed by atoms with Crippen LogP contribution in [0.5, 0.6) is 5.75 Å². The van der Waals surface area contributed by atoms with Crippen LogP contribution in [0.3, 0.4) is 0 Å². The lowest BCUT2D eigenvalue weighted by atomic mass is 10.1. The number of carbonyl (C=O) groups excluding carboxylic acids is 2. The van der Waals surface area contributed by atoms with Gasteiger partial charge in [0, 0.05) is 5.69 Å². The fraction of sp³-hybridized carbons (Fsp3) is 0.176. The van der Waals surface area contributed by atoms with E-state index >= 15 is 0 Å². The summed E-state index contributed by atoms with van der Waals surface area (Å²) in [5, 5.41) is 5.46. The molecule has 23 heavy (non-hydrogen) atoms. The van der Waals surface area contributed by atoms with Crippen LogP contribution in [0.25, 0.3) is 0 Å². The van der Waals surface area contributed by atoms with Crippen LogP contribution >= 0.6 is 0 Å². The highest BCUT2D eigenvalue weighted by atomic mass is 19.1. The van der Waals surface area contributed by atoms with Crippen LogP contribution in [0.1, 0.15) is 12.0 Å². The molecule has 0 saturated heterocycles. The molecule has 1 aliphatic heterocycles. The van der Waals surface area contributed by atoms with E-state index in [1.807, 2.05) is 0 Å². The average molecular weight is 314 g/mol. The predicted molar refractivity (Wildman–Crippen MR) is 83.9 cm³/mol. The van der Waals surface area contributed by atoms with E-state index in [0.717, 1.165) is 0 Å². The van der Waals surface area contributed by atoms with Crippen molar-refractivity contribution in [1.29, 1.82) is 0 Å². The van der Waals surface area contributed by atoms with Gasteiger partial charge in [-0.3, -0.25) is 9.59 Å². The van der Waals surface area contributed by atoms with Crippen molar-refractivity contribution in [3.05, 3.63) is 53.8 Å². The van der Waals surface area contributed by atoms with Crippen molar-refractivity contribution in [1.82, 2.24) is 0 Å². The van der Waals surface area contributed by atoms with E-state index < -0.39 is 0 Å². The third-order valence-electron chi connectivity index (χ3n) is 3.38. The predicted octanol–water partition coefficient (Wildman–Crippen LogP) is 2.73. The molecule has 0 aliphatic carbocycles. The molecular formula is C17H15FN2O3. The fourth-order valence-electron chi connectivity index (χ4n) is 2.34. The number of halogens is 1. The minimum atomic E-state index is -0.375. The first-order chi connectivity index (χ1) is 11.1. The minimum Gasteiger partial charge on any atom is -0.491 e. The van der Waals surface area contributed by atoms with E-state index in [1.54, 1.807) is 30.3 Å². The Morgan fingerprint density at radius 1 is 1.26 bits per heavy atom. The zero-order valence-corrected chi connectivity index (χ0v) is 12.3. The SMILES string of the molecule is O=C(Cc1cccc(F)c1)Nc1ccc2c(c1)NC(=O)CCO2. The van der Waals surface area contributed by atoms with Crippen LogP contribution in [0, 0.1) is 5.82 Å². The lowest BCUT2D eigenvalue weighted by Gasteiger charge is -2.10. The topological polar surface area (TPSA) is 67.4 Å². The van der Waals surface area contributed by atoms with Crippen molar-refractivity contribution >= 4 is 23.2 Å². The molecule has 0 radical (unpaired) electrons. The van der Waals surface area contributed by atoms with Gasteiger partial charge in [-0.15, -0.1) is 0 Å². The standard InChI is InChI=1S/C17H15FN2O3/c18-12-3-1-2-11(8-12)9-17(22)19-13-4-5-15-14(10-13)20-16(21)6-7-23-15/h1-5,8,10H,6-7,9H2,(H,19,22)(H,20,21). The first-order valence-electron chi connectivity index (χ1n) is 7.21. The lowest BCUT2D eigenvalue weighted by Crippen LogP contribution is -2.15. The Hall–Kier alpha value is -2.89. The van der Waals surface area contributed by atoms with Crippen molar-refractivity contribution in [2.24, 2.45) is 0 Å². The van der Waals surface area contributed by atoms with Crippen LogP contribution in [0.2, 0.25) is 0 Å². The second-order valence-electron chi connectivity index (χ2n) is 5.21. The van der Waals surface area contributed by atoms with Gasteiger partial charge in [0.25, 0.3) is 0 Å². The monoisotopic (exact) mass is 314 g/mol. The van der Waals surface area contributed by atoms with Gasteiger partial charge in [0.1, 0.15) is 11.6 Å². The van der Waals surface area contributed by atoms with Crippen LogP contribution in [-0.4, -0.2) is 18.4 Å². The Balaban J connectivity index is 1.70. The fourth-order valence-corrected chi connectivity index (χ4v) is 2.34. The number of benzene rings is 2. The summed E-state index contributed by atoms with van der Waals surface area (Å²) >= 11 is 0. The Labute approximate surface area is 132 Å². The zero-order valence-electron chi connectivity index (χ0n) is 12.3. The molecule has 2 amide bonds. The number of hydrogen-bond acceptors (Lipinski definition) is 3. The van der Waals surface area contributed by atoms with E-state index in [4.69, 9.17) is 4.74 Å². The molecule has 118 valence electrons. The number of fused-ring (bicyclic) bond motifs is 1. The molecule has 1 heterocycles. The summed E-state index contributed by atoms with van der Waals surface area (Å²) in [5.74, 6) is -0.206. The molecule has 5 nitrogen and oxygen atoms in total. The molecule has 0 aromatic heterocycles. The maximum atomic E-state index is 13.1. The first kappa shape index (κ1) is 15.0. The maximum absolute atomic E-state index is 13.1. The zero-order chi connectivity index (χ0) is 16.2. The Kier molecular flexibility index (Phi) is 4.23. The lowest BCUT2D eigenvalue weighted by molar-refractivity contribution is -0.116. The van der Waals surface area contributed by atoms with E-state index in [1.165, 1.54) is 12.1 Å². The smallest absolute Gasteiger partial charge is 0.228 e. The number of anilines is 2. The normalized spacial score (nSPS) is 13.3. The molecule has 0 atom stereocenters. The number of ether oxygens (including phenoxy) is 1. The van der Waals surface area contributed by atoms with Gasteiger partial charge in [0.15, 0.2) is 0 Å². The highest BCUT2D eigenvalue weighted by Crippen LogP contribution is 2.30. The van der Waals surface area contributed by atoms with Crippen molar-refractivity contribution in [2.75, 3.05) is 17.2 Å². The summed E-state index contributed by atoms with van der Waals surface area (Å²) in [4.78, 5) is 23.6. The molecule has 0 bridgehead atoms. The van der Waals surface area contributed by atoms with Gasteiger partial charge < -0.3 is 15.4 Å². The van der Waals surface area contributed by atoms with E-state index in [9.17, 15) is 14.0 Å². The van der Waals surface area contributed by atoms with Gasteiger partial charge >= 0.3 is 0 Å². The summed E-state index contributed by atoms with van der Waals surface area (Å²) in [5.41, 5.74) is 1.65. The molecule has 3 rings (SSSR count). The third-order valence-corrected chi connectivity index (χ3v) is 3.38. The van der Waals surface area contributed by atoms with Gasteiger partial charge in [-0.25, -0.2) is 4.39 Å². The third kappa shape index (κ3) is 3.85. The van der Waals surface area contributed by atoms with Crippen molar-refractivity contribution in [3.63, 3.8) is 0 Å². The molecule has 2 aromatic carbocycles. The molecule has 6 heteroatoms. The second-order valence-corrected chi connectivity index (χ2v) is 5.21. The summed E-state index contributed by atoms with van der Waals surface area (Å²) in [6.07, 6.45) is 0.355. The Bertz CT molecular complexity index is 761. The van der Waals surface area contributed by atoms with Crippen molar-refractivity contribution in [2.45, 2.75) is 12.8 Å². The van der Waals surface area contributed by atoms with Crippen molar-refractivity contribution < 1.29 is 18.7 Å². The average Bonchev–Trinajstić information content (AvgIpc) is 2.67. The summed E-state index contributed by atoms with van der Waals surface area (Å²) in [7, 11) is 0. The highest BCUT2D eigenvalue weighted by molar-refractivity contribution is 5.96. The Morgan fingerprint density at radius 3 is 2.96 bits per heavy atom. The number of nitrogens with one attached hydrogen (secondary N) is 2. The molecule has 0 saturated carbocycles. The van der Waals surface area contributed by atoms with Gasteiger partial charge in [-0.2, -0.15) is 0 Å². The molecule has 2 aromatic rings. The molecule has 2 N–H and O–H groups in total. The van der Waals surface area contributed by atoms with E-state index in [0.29, 0.717) is 29.3 Å². The molecular weight excluding hydrogens is 299 g/mol. The Morgan fingerprint density at radius 2 is 2.13 bits per heavy atom. The van der Waals surface area contributed by atoms with Crippen LogP contribution < -0.4 is 15.4 Å². The number of rotatable bonds is 3. The largest absolute Gasteiger partial charge is 0.491 e. The number of hydrogen-bond donors (Lipinski definition) is 2. The molecule has 0 spiro atoms. The quantitative estimate of drug-likeness (QED) is 0.915. The molecule has 1 aliphatic rings. The van der Waals surface area contributed by atoms with Gasteiger partial charge in [-0.05, 0) is 35.9 Å². The summed E-state index contributed by atoms with van der Waals surface area (Å²) in [6, 6.07) is 10.9. The van der Waals surface area contributed by atoms with Gasteiger partial charge in [0.2, 0.25) is 11.8 Å². The van der Waals surface area contributed by atoms with Crippen LogP contribution in [-0.2, 0) is 16.0 Å². The highest BCUT2D eigenvalue weighted by Gasteiger charge is 2.14.